The van der Waals surface area contributed by atoms with Gasteiger partial charge in [0.1, 0.15) is 12.1 Å². The summed E-state index contributed by atoms with van der Waals surface area (Å²) < 4.78 is 30.9. The minimum absolute atomic E-state index is 0.0349. The molecule has 2 aromatic carbocycles. The molecule has 414 valence electrons. The van der Waals surface area contributed by atoms with E-state index in [0.717, 1.165) is 27.3 Å². The van der Waals surface area contributed by atoms with Crippen LogP contribution >= 0.6 is 11.3 Å². The van der Waals surface area contributed by atoms with E-state index >= 15 is 0 Å². The Morgan fingerprint density at radius 2 is 1.61 bits per heavy atom. The molecular formula is C57H65F2N13O6S. The largest absolute Gasteiger partial charge is 0.391 e. The first kappa shape index (κ1) is 53.5. The summed E-state index contributed by atoms with van der Waals surface area (Å²) in [6.45, 7) is 13.0. The van der Waals surface area contributed by atoms with Crippen LogP contribution in [0.3, 0.4) is 0 Å². The number of rotatable bonds is 14. The molecule has 79 heavy (non-hydrogen) atoms. The zero-order valence-corrected chi connectivity index (χ0v) is 45.8. The molecule has 5 aliphatic rings. The van der Waals surface area contributed by atoms with E-state index in [-0.39, 0.29) is 67.2 Å². The number of anilines is 2. The molecule has 3 saturated heterocycles. The van der Waals surface area contributed by atoms with E-state index in [1.165, 1.54) is 4.90 Å². The zero-order valence-electron chi connectivity index (χ0n) is 45.0. The minimum atomic E-state index is -2.77. The maximum absolute atomic E-state index is 14.6. The number of nitrogens with zero attached hydrogens (tertiary/aromatic N) is 9. The first-order valence-electron chi connectivity index (χ1n) is 27.0. The van der Waals surface area contributed by atoms with Crippen molar-refractivity contribution in [2.75, 3.05) is 42.9 Å². The average molecular weight is 1100 g/mol. The van der Waals surface area contributed by atoms with Gasteiger partial charge in [-0.15, -0.1) is 11.3 Å². The number of nitrogens with one attached hydrogen (secondary N) is 4. The smallest absolute Gasteiger partial charge is 0.289 e. The number of fused-ring (bicyclic) bond motifs is 2. The monoisotopic (exact) mass is 1100 g/mol. The van der Waals surface area contributed by atoms with Gasteiger partial charge in [0.25, 0.3) is 17.7 Å². The summed E-state index contributed by atoms with van der Waals surface area (Å²) in [4.78, 5) is 88.9. The molecule has 1 saturated carbocycles. The van der Waals surface area contributed by atoms with E-state index in [1.807, 2.05) is 94.1 Å². The number of hydrogen-bond acceptors (Lipinski definition) is 13. The Kier molecular flexibility index (Phi) is 14.0. The van der Waals surface area contributed by atoms with Crippen LogP contribution in [0.4, 0.5) is 20.2 Å². The number of halogens is 2. The van der Waals surface area contributed by atoms with E-state index in [1.54, 1.807) is 53.2 Å². The lowest BCUT2D eigenvalue weighted by Crippen LogP contribution is -2.58. The minimum Gasteiger partial charge on any atom is -0.391 e. The van der Waals surface area contributed by atoms with Gasteiger partial charge >= 0.3 is 0 Å². The van der Waals surface area contributed by atoms with Crippen molar-refractivity contribution in [3.8, 4) is 10.4 Å². The number of hydrogen-bond donors (Lipinski definition) is 5. The van der Waals surface area contributed by atoms with Crippen molar-refractivity contribution in [2.24, 2.45) is 28.6 Å². The van der Waals surface area contributed by atoms with Crippen LogP contribution in [0.25, 0.3) is 10.4 Å². The second-order valence-corrected chi connectivity index (χ2v) is 24.2. The number of thiazole rings is 1. The predicted octanol–water partition coefficient (Wildman–Crippen LogP) is 6.40. The molecule has 3 aliphatic heterocycles. The molecule has 0 bridgehead atoms. The molecule has 22 heteroatoms. The first-order valence-corrected chi connectivity index (χ1v) is 27.9. The summed E-state index contributed by atoms with van der Waals surface area (Å²) in [5.74, 6) is -5.85. The number of aliphatic hydroxyl groups excluding tert-OH is 1. The van der Waals surface area contributed by atoms with Crippen LogP contribution in [0.1, 0.15) is 115 Å². The highest BCUT2D eigenvalue weighted by Crippen LogP contribution is 2.70. The van der Waals surface area contributed by atoms with E-state index in [9.17, 15) is 37.9 Å². The van der Waals surface area contributed by atoms with Crippen molar-refractivity contribution in [3.63, 3.8) is 0 Å². The first-order chi connectivity index (χ1) is 37.7. The molecule has 2 aliphatic carbocycles. The molecule has 7 heterocycles. The fourth-order valence-corrected chi connectivity index (χ4v) is 13.0. The van der Waals surface area contributed by atoms with E-state index in [0.29, 0.717) is 61.7 Å². The van der Waals surface area contributed by atoms with Crippen molar-refractivity contribution < 1.29 is 37.9 Å². The summed E-state index contributed by atoms with van der Waals surface area (Å²) in [5.41, 5.74) is 6.12. The number of aliphatic hydroxyl groups is 1. The predicted molar refractivity (Wildman–Crippen MR) is 290 cm³/mol. The van der Waals surface area contributed by atoms with Gasteiger partial charge in [0, 0.05) is 86.2 Å². The molecule has 7 atom stereocenters. The van der Waals surface area contributed by atoms with Crippen molar-refractivity contribution in [3.05, 3.63) is 124 Å². The lowest BCUT2D eigenvalue weighted by molar-refractivity contribution is -0.143. The third kappa shape index (κ3) is 10.2. The fraction of sp³-hybridized carbons (Fsp3) is 0.474. The van der Waals surface area contributed by atoms with Crippen LogP contribution in [-0.4, -0.2) is 136 Å². The SMILES string of the molecule is Cc1ncsc1-c1ccc([C@H](C)NC(=O)[C@@H]2C[C@@H](O)CN2C(=O)[C@@H](NC(=O)c2ncc(N3CCC(C(=O)N4CC([C@@H](c5ccccc5)n5cc(NC(=O)c6n[nH]c7c6C[C@@H]6C(F)(F)[C@]6(C)C7)cn5)C4)CC3)cn2)C(C)(C)C)cc1. The number of benzene rings is 2. The lowest BCUT2D eigenvalue weighted by Gasteiger charge is -2.45. The molecule has 11 rings (SSSR count). The van der Waals surface area contributed by atoms with Crippen molar-refractivity contribution in [2.45, 2.75) is 110 Å². The topological polar surface area (TPSA) is 237 Å². The number of piperidine rings is 1. The number of amides is 5. The van der Waals surface area contributed by atoms with E-state index in [4.69, 9.17) is 0 Å². The number of aromatic amines is 1. The quantitative estimate of drug-likeness (QED) is 0.0797. The van der Waals surface area contributed by atoms with Crippen LogP contribution in [-0.2, 0) is 27.2 Å². The second-order valence-electron chi connectivity index (χ2n) is 23.3. The van der Waals surface area contributed by atoms with Crippen LogP contribution < -0.4 is 20.9 Å². The highest BCUT2D eigenvalue weighted by Gasteiger charge is 2.78. The summed E-state index contributed by atoms with van der Waals surface area (Å²) in [5, 5.41) is 31.2. The van der Waals surface area contributed by atoms with Gasteiger partial charge in [0.05, 0.1) is 64.2 Å². The van der Waals surface area contributed by atoms with Gasteiger partial charge in [0.15, 0.2) is 5.69 Å². The molecule has 0 radical (unpaired) electrons. The highest BCUT2D eigenvalue weighted by molar-refractivity contribution is 7.13. The Balaban J connectivity index is 0.667. The molecule has 4 aromatic heterocycles. The summed E-state index contributed by atoms with van der Waals surface area (Å²) in [6.07, 6.45) is 7.01. The van der Waals surface area contributed by atoms with Gasteiger partial charge in [-0.25, -0.2) is 23.7 Å². The molecule has 0 spiro atoms. The van der Waals surface area contributed by atoms with Crippen LogP contribution in [0.2, 0.25) is 0 Å². The summed E-state index contributed by atoms with van der Waals surface area (Å²) in [7, 11) is 0. The molecule has 0 unspecified atom stereocenters. The standard InChI is InChI=1S/C57H65F2N13O6S/c1-31(33-12-14-35(15-13-33)47-32(2)62-30-79-47)64-50(74)43-20-40(73)29-71(43)54(78)48(55(3,4)5)66-52(76)49-60-24-39(25-61-49)69-18-16-36(17-19-69)53(77)70-26-37(27-70)46(34-10-8-7-9-11-34)72-28-38(23-63-72)65-51(75)45-41-21-44-56(6,57(44,58)59)22-42(41)67-68-45/h7-15,23-25,28,30-31,36-37,40,43-44,46,48,73H,16-22,26-27,29H2,1-6H3,(H,64,74)(H,65,75)(H,66,76)(H,67,68)/t31-,40+,43-,44-,46+,48+,56+/m0/s1. The number of carbonyl (C=O) groups is 5. The second kappa shape index (κ2) is 20.6. The summed E-state index contributed by atoms with van der Waals surface area (Å²) >= 11 is 1.56. The molecule has 5 N–H and O–H groups in total. The number of aromatic nitrogens is 7. The Hall–Kier alpha value is -7.46. The van der Waals surface area contributed by atoms with Gasteiger partial charge < -0.3 is 35.8 Å². The molecule has 5 amide bonds. The number of H-pyrrole nitrogens is 1. The van der Waals surface area contributed by atoms with Gasteiger partial charge in [-0.3, -0.25) is 33.8 Å². The van der Waals surface area contributed by atoms with Crippen molar-refractivity contribution in [1.82, 2.24) is 55.4 Å². The van der Waals surface area contributed by atoms with Crippen LogP contribution in [0.15, 0.2) is 84.9 Å². The van der Waals surface area contributed by atoms with Crippen molar-refractivity contribution in [1.29, 1.82) is 0 Å². The Morgan fingerprint density at radius 1 is 0.899 bits per heavy atom. The molecule has 6 aromatic rings. The van der Waals surface area contributed by atoms with E-state index in [2.05, 4.69) is 51.1 Å². The number of aryl methyl sites for hydroxylation is 1. The zero-order chi connectivity index (χ0) is 55.7. The third-order valence-corrected chi connectivity index (χ3v) is 18.0. The van der Waals surface area contributed by atoms with Crippen LogP contribution in [0, 0.1) is 35.5 Å². The third-order valence-electron chi connectivity index (χ3n) is 17.0. The van der Waals surface area contributed by atoms with Gasteiger partial charge in [-0.2, -0.15) is 10.2 Å². The number of carbonyl (C=O) groups excluding carboxylic acids is 5. The average Bonchev–Trinajstić information content (AvgIpc) is 2.37. The maximum atomic E-state index is 14.6. The fourth-order valence-electron chi connectivity index (χ4n) is 12.2. The molecule has 19 nitrogen and oxygen atoms in total. The number of β-amino-alcohol motifs (C(OH)–C–C–N with tert-alkyl or cyclic N) is 1. The number of alkyl halides is 2. The van der Waals surface area contributed by atoms with Crippen molar-refractivity contribution >= 4 is 52.2 Å². The molecule has 4 fully saturated rings. The highest BCUT2D eigenvalue weighted by atomic mass is 32.1. The number of likely N-dealkylation sites (tertiary alicyclic amines) is 2. The maximum Gasteiger partial charge on any atom is 0.289 e. The van der Waals surface area contributed by atoms with Crippen LogP contribution in [0.5, 0.6) is 0 Å². The Morgan fingerprint density at radius 3 is 2.28 bits per heavy atom. The Bertz CT molecular complexity index is 3270. The summed E-state index contributed by atoms with van der Waals surface area (Å²) in [6, 6.07) is 15.1. The van der Waals surface area contributed by atoms with Gasteiger partial charge in [0.2, 0.25) is 23.5 Å². The van der Waals surface area contributed by atoms with Gasteiger partial charge in [-0.1, -0.05) is 82.3 Å². The molecular weight excluding hydrogens is 1030 g/mol. The lowest BCUT2D eigenvalue weighted by atomic mass is 9.85. The Labute approximate surface area is 460 Å². The normalized spacial score (nSPS) is 22.9. The van der Waals surface area contributed by atoms with Gasteiger partial charge in [-0.05, 0) is 55.2 Å². The van der Waals surface area contributed by atoms with E-state index < -0.39 is 64.5 Å².